The molecular weight excluding hydrogens is 431 g/mol. The molecular formula is C16H12ClIN2OS. The van der Waals surface area contributed by atoms with Gasteiger partial charge in [-0.2, -0.15) is 0 Å². The number of nitrogens with zero attached hydrogens (tertiary/aromatic N) is 2. The van der Waals surface area contributed by atoms with Crippen LogP contribution in [0.25, 0.3) is 16.6 Å². The molecule has 3 aromatic rings. The second-order valence-corrected chi connectivity index (χ2v) is 7.52. The summed E-state index contributed by atoms with van der Waals surface area (Å²) in [7, 11) is 0. The molecule has 0 aliphatic carbocycles. The Morgan fingerprint density at radius 3 is 2.64 bits per heavy atom. The second kappa shape index (κ2) is 6.60. The molecule has 1 aromatic heterocycles. The molecule has 0 N–H and O–H groups in total. The van der Waals surface area contributed by atoms with Gasteiger partial charge in [-0.05, 0) is 70.8 Å². The average molecular weight is 443 g/mol. The molecule has 2 aromatic carbocycles. The van der Waals surface area contributed by atoms with Gasteiger partial charge in [-0.3, -0.25) is 9.36 Å². The summed E-state index contributed by atoms with van der Waals surface area (Å²) in [5, 5.41) is 1.97. The van der Waals surface area contributed by atoms with Crippen molar-refractivity contribution in [2.75, 3.05) is 5.75 Å². The van der Waals surface area contributed by atoms with E-state index in [1.165, 1.54) is 0 Å². The van der Waals surface area contributed by atoms with Crippen LogP contribution in [0, 0.1) is 3.57 Å². The van der Waals surface area contributed by atoms with Gasteiger partial charge in [0.1, 0.15) is 0 Å². The highest BCUT2D eigenvalue weighted by molar-refractivity contribution is 14.1. The van der Waals surface area contributed by atoms with Crippen molar-refractivity contribution in [2.24, 2.45) is 0 Å². The highest BCUT2D eigenvalue weighted by Gasteiger charge is 2.13. The molecule has 0 aliphatic heterocycles. The third kappa shape index (κ3) is 3.02. The molecule has 0 fully saturated rings. The van der Waals surface area contributed by atoms with E-state index in [1.54, 1.807) is 28.5 Å². The van der Waals surface area contributed by atoms with Gasteiger partial charge in [0.2, 0.25) is 0 Å². The van der Waals surface area contributed by atoms with E-state index in [9.17, 15) is 4.79 Å². The summed E-state index contributed by atoms with van der Waals surface area (Å²) in [6.07, 6.45) is 0. The van der Waals surface area contributed by atoms with Gasteiger partial charge in [-0.1, -0.05) is 30.3 Å². The van der Waals surface area contributed by atoms with Crippen molar-refractivity contribution in [3.05, 3.63) is 61.4 Å². The fraction of sp³-hybridized carbons (Fsp3) is 0.125. The summed E-state index contributed by atoms with van der Waals surface area (Å²) >= 11 is 9.70. The van der Waals surface area contributed by atoms with E-state index in [0.29, 0.717) is 15.6 Å². The number of aromatic nitrogens is 2. The van der Waals surface area contributed by atoms with Gasteiger partial charge in [0.15, 0.2) is 5.16 Å². The Morgan fingerprint density at radius 2 is 1.95 bits per heavy atom. The standard InChI is InChI=1S/C16H12ClIN2OS/c1-2-22-16-19-14-8-5-11(18)9-13(14)15(21)20(16)12-6-3-10(17)4-7-12/h3-9H,2H2,1H3. The van der Waals surface area contributed by atoms with Crippen LogP contribution in [0.15, 0.2) is 52.4 Å². The number of hydrogen-bond acceptors (Lipinski definition) is 3. The fourth-order valence-corrected chi connectivity index (χ4v) is 3.54. The van der Waals surface area contributed by atoms with Crippen molar-refractivity contribution in [3.63, 3.8) is 0 Å². The molecule has 3 nitrogen and oxygen atoms in total. The number of fused-ring (bicyclic) bond motifs is 1. The number of benzene rings is 2. The SMILES string of the molecule is CCSc1nc2ccc(I)cc2c(=O)n1-c1ccc(Cl)cc1. The number of thioether (sulfide) groups is 1. The van der Waals surface area contributed by atoms with Crippen LogP contribution >= 0.6 is 46.0 Å². The zero-order valence-electron chi connectivity index (χ0n) is 11.7. The van der Waals surface area contributed by atoms with Crippen molar-refractivity contribution in [2.45, 2.75) is 12.1 Å². The quantitative estimate of drug-likeness (QED) is 0.333. The van der Waals surface area contributed by atoms with Gasteiger partial charge in [-0.25, -0.2) is 4.98 Å². The molecule has 0 amide bonds. The maximum Gasteiger partial charge on any atom is 0.266 e. The van der Waals surface area contributed by atoms with Crippen LogP contribution in [-0.4, -0.2) is 15.3 Å². The van der Waals surface area contributed by atoms with Gasteiger partial charge in [0, 0.05) is 8.59 Å². The summed E-state index contributed by atoms with van der Waals surface area (Å²) in [5.41, 5.74) is 1.45. The van der Waals surface area contributed by atoms with Crippen LogP contribution in [0.5, 0.6) is 0 Å². The lowest BCUT2D eigenvalue weighted by atomic mass is 10.2. The Labute approximate surface area is 150 Å². The first kappa shape index (κ1) is 15.8. The lowest BCUT2D eigenvalue weighted by molar-refractivity contribution is 0.820. The number of halogens is 2. The van der Waals surface area contributed by atoms with Crippen LogP contribution < -0.4 is 5.56 Å². The van der Waals surface area contributed by atoms with Crippen molar-refractivity contribution in [1.29, 1.82) is 0 Å². The zero-order chi connectivity index (χ0) is 15.7. The summed E-state index contributed by atoms with van der Waals surface area (Å²) in [4.78, 5) is 17.6. The van der Waals surface area contributed by atoms with Crippen molar-refractivity contribution in [1.82, 2.24) is 9.55 Å². The van der Waals surface area contributed by atoms with Crippen LogP contribution in [0.1, 0.15) is 6.92 Å². The Hall–Kier alpha value is -1.05. The van der Waals surface area contributed by atoms with Gasteiger partial charge in [-0.15, -0.1) is 0 Å². The Bertz CT molecular complexity index is 893. The minimum Gasteiger partial charge on any atom is -0.268 e. The zero-order valence-corrected chi connectivity index (χ0v) is 15.4. The molecule has 0 atom stereocenters. The van der Waals surface area contributed by atoms with E-state index in [0.717, 1.165) is 20.5 Å². The minimum absolute atomic E-state index is 0.0539. The van der Waals surface area contributed by atoms with E-state index in [-0.39, 0.29) is 5.56 Å². The Morgan fingerprint density at radius 1 is 1.23 bits per heavy atom. The minimum atomic E-state index is -0.0539. The first-order valence-electron chi connectivity index (χ1n) is 6.71. The number of hydrogen-bond donors (Lipinski definition) is 0. The predicted octanol–water partition coefficient (Wildman–Crippen LogP) is 4.76. The lowest BCUT2D eigenvalue weighted by Crippen LogP contribution is -2.21. The van der Waals surface area contributed by atoms with E-state index < -0.39 is 0 Å². The molecule has 0 radical (unpaired) electrons. The summed E-state index contributed by atoms with van der Waals surface area (Å²) < 4.78 is 2.67. The molecule has 0 saturated carbocycles. The third-order valence-corrected chi connectivity index (χ3v) is 4.90. The van der Waals surface area contributed by atoms with Crippen molar-refractivity contribution < 1.29 is 0 Å². The third-order valence-electron chi connectivity index (χ3n) is 3.16. The molecule has 3 rings (SSSR count). The first-order chi connectivity index (χ1) is 10.6. The molecule has 0 bridgehead atoms. The second-order valence-electron chi connectivity index (χ2n) is 4.61. The first-order valence-corrected chi connectivity index (χ1v) is 9.15. The molecule has 0 spiro atoms. The van der Waals surface area contributed by atoms with Crippen LogP contribution in [-0.2, 0) is 0 Å². The van der Waals surface area contributed by atoms with Gasteiger partial charge in [0.25, 0.3) is 5.56 Å². The molecule has 0 unspecified atom stereocenters. The molecule has 1 heterocycles. The predicted molar refractivity (Wildman–Crippen MR) is 101 cm³/mol. The molecule has 112 valence electrons. The largest absolute Gasteiger partial charge is 0.268 e. The summed E-state index contributed by atoms with van der Waals surface area (Å²) in [5.74, 6) is 0.843. The average Bonchev–Trinajstić information content (AvgIpc) is 2.50. The maximum absolute atomic E-state index is 12.9. The molecule has 22 heavy (non-hydrogen) atoms. The molecule has 6 heteroatoms. The van der Waals surface area contributed by atoms with E-state index >= 15 is 0 Å². The van der Waals surface area contributed by atoms with E-state index in [4.69, 9.17) is 11.6 Å². The van der Waals surface area contributed by atoms with E-state index in [2.05, 4.69) is 27.6 Å². The Balaban J connectivity index is 2.34. The highest BCUT2D eigenvalue weighted by Crippen LogP contribution is 2.22. The van der Waals surface area contributed by atoms with Crippen LogP contribution in [0.2, 0.25) is 5.02 Å². The Kier molecular flexibility index (Phi) is 4.75. The number of rotatable bonds is 3. The maximum atomic E-state index is 12.9. The van der Waals surface area contributed by atoms with Crippen molar-refractivity contribution in [3.8, 4) is 5.69 Å². The van der Waals surface area contributed by atoms with Gasteiger partial charge < -0.3 is 0 Å². The summed E-state index contributed by atoms with van der Waals surface area (Å²) in [6, 6.07) is 13.0. The fourth-order valence-electron chi connectivity index (χ4n) is 2.18. The van der Waals surface area contributed by atoms with Gasteiger partial charge in [0.05, 0.1) is 16.6 Å². The topological polar surface area (TPSA) is 34.9 Å². The van der Waals surface area contributed by atoms with Crippen LogP contribution in [0.4, 0.5) is 0 Å². The monoisotopic (exact) mass is 442 g/mol. The smallest absolute Gasteiger partial charge is 0.266 e. The van der Waals surface area contributed by atoms with Gasteiger partial charge >= 0.3 is 0 Å². The summed E-state index contributed by atoms with van der Waals surface area (Å²) in [6.45, 7) is 2.04. The van der Waals surface area contributed by atoms with E-state index in [1.807, 2.05) is 37.3 Å². The van der Waals surface area contributed by atoms with Crippen LogP contribution in [0.3, 0.4) is 0 Å². The lowest BCUT2D eigenvalue weighted by Gasteiger charge is -2.12. The highest BCUT2D eigenvalue weighted by atomic mass is 127. The molecule has 0 aliphatic rings. The van der Waals surface area contributed by atoms with Crippen molar-refractivity contribution >= 4 is 56.9 Å². The normalized spacial score (nSPS) is 11.0. The molecule has 0 saturated heterocycles.